The van der Waals surface area contributed by atoms with E-state index in [1.165, 1.54) is 25.7 Å². The normalized spacial score (nSPS) is 46.6. The lowest BCUT2D eigenvalue weighted by molar-refractivity contribution is 0.0388. The number of rotatable bonds is 0. The summed E-state index contributed by atoms with van der Waals surface area (Å²) in [6.07, 6.45) is 5.89. The van der Waals surface area contributed by atoms with Crippen LogP contribution in [0, 0.1) is 5.92 Å². The van der Waals surface area contributed by atoms with E-state index in [1.807, 2.05) is 0 Å². The first kappa shape index (κ1) is 9.47. The van der Waals surface area contributed by atoms with Crippen molar-refractivity contribution < 1.29 is 4.74 Å². The lowest BCUT2D eigenvalue weighted by Gasteiger charge is -2.30. The van der Waals surface area contributed by atoms with Crippen LogP contribution in [0.5, 0.6) is 0 Å². The molecule has 13 heavy (non-hydrogen) atoms. The molecule has 76 valence electrons. The highest BCUT2D eigenvalue weighted by Gasteiger charge is 2.31. The molecule has 4 atom stereocenters. The predicted molar refractivity (Wildman–Crippen MR) is 53.8 cm³/mol. The fourth-order valence-electron chi connectivity index (χ4n) is 2.52. The van der Waals surface area contributed by atoms with E-state index in [4.69, 9.17) is 4.74 Å². The van der Waals surface area contributed by atoms with Crippen molar-refractivity contribution >= 4 is 0 Å². The number of nitrogens with one attached hydrogen (secondary N) is 1. The maximum Gasteiger partial charge on any atom is 0.0697 e. The molecule has 0 radical (unpaired) electrons. The first-order valence-electron chi connectivity index (χ1n) is 5.65. The topological polar surface area (TPSA) is 21.3 Å². The average Bonchev–Trinajstić information content (AvgIpc) is 2.28. The summed E-state index contributed by atoms with van der Waals surface area (Å²) in [6, 6.07) is 1.25. The van der Waals surface area contributed by atoms with Gasteiger partial charge in [0.15, 0.2) is 0 Å². The number of hydrogen-bond donors (Lipinski definition) is 1. The molecule has 0 aromatic rings. The molecule has 1 saturated heterocycles. The minimum absolute atomic E-state index is 0.380. The fourth-order valence-corrected chi connectivity index (χ4v) is 2.52. The minimum atomic E-state index is 0.380. The first-order valence-corrected chi connectivity index (χ1v) is 5.65. The molecule has 0 spiro atoms. The van der Waals surface area contributed by atoms with Crippen LogP contribution >= 0.6 is 0 Å². The van der Waals surface area contributed by atoms with E-state index < -0.39 is 0 Å². The van der Waals surface area contributed by atoms with Gasteiger partial charge in [0.2, 0.25) is 0 Å². The van der Waals surface area contributed by atoms with Crippen LogP contribution in [0.25, 0.3) is 0 Å². The van der Waals surface area contributed by atoms with Crippen molar-refractivity contribution in [1.82, 2.24) is 5.32 Å². The van der Waals surface area contributed by atoms with Gasteiger partial charge in [-0.05, 0) is 32.6 Å². The fraction of sp³-hybridized carbons (Fsp3) is 1.00. The lowest BCUT2D eigenvalue weighted by atomic mass is 9.85. The van der Waals surface area contributed by atoms with Crippen molar-refractivity contribution in [3.63, 3.8) is 0 Å². The van der Waals surface area contributed by atoms with Crippen LogP contribution in [-0.4, -0.2) is 24.8 Å². The third kappa shape index (κ3) is 2.05. The van der Waals surface area contributed by atoms with Crippen molar-refractivity contribution in [2.24, 2.45) is 5.92 Å². The Labute approximate surface area is 81.0 Å². The van der Waals surface area contributed by atoms with Crippen molar-refractivity contribution in [3.05, 3.63) is 0 Å². The van der Waals surface area contributed by atoms with Crippen molar-refractivity contribution in [3.8, 4) is 0 Å². The Morgan fingerprint density at radius 2 is 1.92 bits per heavy atom. The monoisotopic (exact) mass is 183 g/mol. The van der Waals surface area contributed by atoms with Crippen LogP contribution in [0.15, 0.2) is 0 Å². The van der Waals surface area contributed by atoms with Crippen LogP contribution in [0.4, 0.5) is 0 Å². The minimum Gasteiger partial charge on any atom is -0.377 e. The molecule has 0 aromatic carbocycles. The van der Waals surface area contributed by atoms with Gasteiger partial charge in [0.1, 0.15) is 0 Å². The predicted octanol–water partition coefficient (Wildman–Crippen LogP) is 1.94. The molecule has 2 heteroatoms. The quantitative estimate of drug-likeness (QED) is 0.619. The zero-order valence-electron chi connectivity index (χ0n) is 8.75. The Morgan fingerprint density at radius 3 is 2.77 bits per heavy atom. The maximum absolute atomic E-state index is 5.82. The molecule has 1 N–H and O–H groups in total. The molecule has 0 aromatic heterocycles. The van der Waals surface area contributed by atoms with E-state index >= 15 is 0 Å². The molecule has 2 nitrogen and oxygen atoms in total. The van der Waals surface area contributed by atoms with E-state index in [1.54, 1.807) is 0 Å². The van der Waals surface area contributed by atoms with Gasteiger partial charge < -0.3 is 10.1 Å². The molecule has 2 aliphatic rings. The van der Waals surface area contributed by atoms with Gasteiger partial charge in [-0.15, -0.1) is 0 Å². The summed E-state index contributed by atoms with van der Waals surface area (Å²) in [4.78, 5) is 0. The average molecular weight is 183 g/mol. The summed E-state index contributed by atoms with van der Waals surface area (Å²) in [7, 11) is 0. The molecule has 2 fully saturated rings. The molecular formula is C11H21NO. The third-order valence-electron chi connectivity index (χ3n) is 3.66. The molecule has 1 heterocycles. The molecule has 0 amide bonds. The lowest BCUT2D eigenvalue weighted by Crippen LogP contribution is -2.44. The number of ether oxygens (including phenoxy) is 1. The van der Waals surface area contributed by atoms with Crippen LogP contribution in [0.2, 0.25) is 0 Å². The van der Waals surface area contributed by atoms with Crippen molar-refractivity contribution in [2.45, 2.75) is 57.7 Å². The molecule has 4 unspecified atom stereocenters. The Bertz CT molecular complexity index is 171. The van der Waals surface area contributed by atoms with Crippen LogP contribution in [0.1, 0.15) is 39.5 Å². The van der Waals surface area contributed by atoms with E-state index in [0.29, 0.717) is 12.1 Å². The Kier molecular flexibility index (Phi) is 2.89. The van der Waals surface area contributed by atoms with Gasteiger partial charge in [-0.25, -0.2) is 0 Å². The highest BCUT2D eigenvalue weighted by atomic mass is 16.5. The summed E-state index contributed by atoms with van der Waals surface area (Å²) in [5.74, 6) is 0.779. The second-order valence-electron chi connectivity index (χ2n) is 4.64. The van der Waals surface area contributed by atoms with E-state index in [0.717, 1.165) is 18.6 Å². The highest BCUT2D eigenvalue weighted by Crippen LogP contribution is 2.27. The summed E-state index contributed by atoms with van der Waals surface area (Å²) in [5, 5.41) is 3.71. The van der Waals surface area contributed by atoms with Crippen molar-refractivity contribution in [2.75, 3.05) is 6.61 Å². The van der Waals surface area contributed by atoms with Crippen LogP contribution in [0.3, 0.4) is 0 Å². The maximum atomic E-state index is 5.82. The zero-order valence-corrected chi connectivity index (χ0v) is 8.75. The van der Waals surface area contributed by atoms with Crippen LogP contribution in [-0.2, 0) is 4.74 Å². The standard InChI is InChI=1S/C11H21NO/c1-8-9(2)13-7-10-5-3-4-6-11(10)12-8/h8-12H,3-7H2,1-2H3. The summed E-state index contributed by atoms with van der Waals surface area (Å²) in [5.41, 5.74) is 0. The van der Waals surface area contributed by atoms with Gasteiger partial charge >= 0.3 is 0 Å². The molecule has 1 aliphatic carbocycles. The van der Waals surface area contributed by atoms with Gasteiger partial charge in [-0.2, -0.15) is 0 Å². The van der Waals surface area contributed by atoms with Gasteiger partial charge in [-0.3, -0.25) is 0 Å². The molecule has 1 saturated carbocycles. The van der Waals surface area contributed by atoms with Crippen LogP contribution < -0.4 is 5.32 Å². The largest absolute Gasteiger partial charge is 0.377 e. The second kappa shape index (κ2) is 3.97. The van der Waals surface area contributed by atoms with E-state index in [9.17, 15) is 0 Å². The molecular weight excluding hydrogens is 162 g/mol. The Morgan fingerprint density at radius 1 is 1.15 bits per heavy atom. The van der Waals surface area contributed by atoms with Crippen molar-refractivity contribution in [1.29, 1.82) is 0 Å². The van der Waals surface area contributed by atoms with Gasteiger partial charge in [0, 0.05) is 12.1 Å². The summed E-state index contributed by atoms with van der Waals surface area (Å²) >= 11 is 0. The first-order chi connectivity index (χ1) is 6.27. The third-order valence-corrected chi connectivity index (χ3v) is 3.66. The molecule has 1 aliphatic heterocycles. The second-order valence-corrected chi connectivity index (χ2v) is 4.64. The van der Waals surface area contributed by atoms with Gasteiger partial charge in [0.05, 0.1) is 12.7 Å². The highest BCUT2D eigenvalue weighted by molar-refractivity contribution is 4.87. The summed E-state index contributed by atoms with van der Waals surface area (Å²) < 4.78 is 5.82. The number of hydrogen-bond acceptors (Lipinski definition) is 2. The SMILES string of the molecule is CC1NC2CCCCC2COC1C. The summed E-state index contributed by atoms with van der Waals surface area (Å²) in [6.45, 7) is 5.39. The van der Waals surface area contributed by atoms with Gasteiger partial charge in [-0.1, -0.05) is 12.8 Å². The number of fused-ring (bicyclic) bond motifs is 1. The molecule has 2 rings (SSSR count). The zero-order chi connectivity index (χ0) is 9.26. The van der Waals surface area contributed by atoms with E-state index in [-0.39, 0.29) is 0 Å². The molecule has 0 bridgehead atoms. The van der Waals surface area contributed by atoms with E-state index in [2.05, 4.69) is 19.2 Å². The Hall–Kier alpha value is -0.0800. The smallest absolute Gasteiger partial charge is 0.0697 e. The van der Waals surface area contributed by atoms with Gasteiger partial charge in [0.25, 0.3) is 0 Å². The Balaban J connectivity index is 2.00.